The van der Waals surface area contributed by atoms with Crippen molar-refractivity contribution in [2.75, 3.05) is 7.05 Å². The summed E-state index contributed by atoms with van der Waals surface area (Å²) in [5.74, 6) is 0.694. The molecule has 1 aromatic heterocycles. The topological polar surface area (TPSA) is 66.0 Å². The molecule has 0 atom stereocenters. The van der Waals surface area contributed by atoms with Crippen LogP contribution in [-0.2, 0) is 4.79 Å². The van der Waals surface area contributed by atoms with Crippen LogP contribution in [0.1, 0.15) is 5.76 Å². The molecule has 0 radical (unpaired) electrons. The molecule has 0 unspecified atom stereocenters. The van der Waals surface area contributed by atoms with Gasteiger partial charge in [-0.05, 0) is 48.2 Å². The molecule has 3 rings (SSSR count). The fourth-order valence-electron chi connectivity index (χ4n) is 1.79. The van der Waals surface area contributed by atoms with Crippen LogP contribution in [0, 0.1) is 0 Å². The molecule has 1 aromatic carbocycles. The van der Waals surface area contributed by atoms with Gasteiger partial charge in [0.25, 0.3) is 5.91 Å². The summed E-state index contributed by atoms with van der Waals surface area (Å²) < 4.78 is 5.22. The van der Waals surface area contributed by atoms with Crippen molar-refractivity contribution in [1.82, 2.24) is 4.90 Å². The van der Waals surface area contributed by atoms with Crippen LogP contribution in [0.3, 0.4) is 0 Å². The minimum absolute atomic E-state index is 0.117. The maximum atomic E-state index is 12.2. The molecule has 1 saturated heterocycles. The first-order chi connectivity index (χ1) is 10.1. The third-order valence-electron chi connectivity index (χ3n) is 2.89. The summed E-state index contributed by atoms with van der Waals surface area (Å²) in [6, 6.07) is 10.0. The van der Waals surface area contributed by atoms with E-state index in [0.717, 1.165) is 0 Å². The molecule has 5 nitrogen and oxygen atoms in total. The highest BCUT2D eigenvalue weighted by molar-refractivity contribution is 8.18. The van der Waals surface area contributed by atoms with Gasteiger partial charge < -0.3 is 9.52 Å². The average Bonchev–Trinajstić information content (AvgIpc) is 3.07. The van der Waals surface area contributed by atoms with E-state index < -0.39 is 0 Å². The van der Waals surface area contributed by atoms with Crippen molar-refractivity contribution in [2.24, 2.45) is 4.99 Å². The molecular weight excluding hydrogens is 288 g/mol. The zero-order chi connectivity index (χ0) is 14.8. The molecule has 0 spiro atoms. The molecule has 0 saturated carbocycles. The number of hydrogen-bond acceptors (Lipinski definition) is 5. The van der Waals surface area contributed by atoms with Gasteiger partial charge in [-0.15, -0.1) is 0 Å². The number of hydrogen-bond donors (Lipinski definition) is 1. The largest absolute Gasteiger partial charge is 0.508 e. The number of aliphatic imine (C=N–C) groups is 1. The molecular formula is C15H12N2O3S. The molecule has 1 amide bonds. The minimum Gasteiger partial charge on any atom is -0.508 e. The van der Waals surface area contributed by atoms with E-state index in [4.69, 9.17) is 4.42 Å². The summed E-state index contributed by atoms with van der Waals surface area (Å²) in [6.07, 6.45) is 3.26. The van der Waals surface area contributed by atoms with Crippen LogP contribution >= 0.6 is 11.8 Å². The Morgan fingerprint density at radius 1 is 1.29 bits per heavy atom. The Hall–Kier alpha value is -2.47. The number of rotatable bonds is 2. The highest BCUT2D eigenvalue weighted by atomic mass is 32.2. The zero-order valence-corrected chi connectivity index (χ0v) is 12.0. The van der Waals surface area contributed by atoms with Crippen molar-refractivity contribution >= 4 is 34.6 Å². The fourth-order valence-corrected chi connectivity index (χ4v) is 2.76. The second-order valence-corrected chi connectivity index (χ2v) is 5.41. The van der Waals surface area contributed by atoms with E-state index in [1.165, 1.54) is 16.7 Å². The SMILES string of the molecule is CN1C(=O)/C(=C/c2ccco2)SC1=Nc1ccc(O)cc1. The van der Waals surface area contributed by atoms with Gasteiger partial charge in [-0.1, -0.05) is 0 Å². The van der Waals surface area contributed by atoms with Crippen LogP contribution in [0.4, 0.5) is 5.69 Å². The van der Waals surface area contributed by atoms with Crippen LogP contribution in [-0.4, -0.2) is 28.1 Å². The number of thioether (sulfide) groups is 1. The van der Waals surface area contributed by atoms with E-state index >= 15 is 0 Å². The predicted molar refractivity (Wildman–Crippen MR) is 82.2 cm³/mol. The first-order valence-corrected chi connectivity index (χ1v) is 7.04. The highest BCUT2D eigenvalue weighted by Crippen LogP contribution is 2.33. The zero-order valence-electron chi connectivity index (χ0n) is 11.2. The Kier molecular flexibility index (Phi) is 3.53. The van der Waals surface area contributed by atoms with Crippen molar-refractivity contribution in [3.63, 3.8) is 0 Å². The van der Waals surface area contributed by atoms with Crippen molar-refractivity contribution in [3.8, 4) is 5.75 Å². The lowest BCUT2D eigenvalue weighted by Crippen LogP contribution is -2.23. The number of amidine groups is 1. The lowest BCUT2D eigenvalue weighted by atomic mass is 10.3. The molecule has 0 aliphatic carbocycles. The third-order valence-corrected chi connectivity index (χ3v) is 3.95. The second-order valence-electron chi connectivity index (χ2n) is 4.40. The van der Waals surface area contributed by atoms with Crippen LogP contribution < -0.4 is 0 Å². The van der Waals surface area contributed by atoms with Gasteiger partial charge in [0, 0.05) is 13.1 Å². The number of nitrogens with zero attached hydrogens (tertiary/aromatic N) is 2. The molecule has 2 aromatic rings. The lowest BCUT2D eigenvalue weighted by molar-refractivity contribution is -0.121. The van der Waals surface area contributed by atoms with Gasteiger partial charge in [-0.25, -0.2) is 4.99 Å². The first kappa shape index (κ1) is 13.5. The molecule has 1 aliphatic heterocycles. The van der Waals surface area contributed by atoms with E-state index in [1.54, 1.807) is 55.8 Å². The van der Waals surface area contributed by atoms with E-state index in [9.17, 15) is 9.90 Å². The molecule has 2 heterocycles. The molecule has 0 bridgehead atoms. The van der Waals surface area contributed by atoms with Crippen molar-refractivity contribution < 1.29 is 14.3 Å². The number of benzene rings is 1. The summed E-state index contributed by atoms with van der Waals surface area (Å²) >= 11 is 1.29. The molecule has 1 fully saturated rings. The van der Waals surface area contributed by atoms with Crippen molar-refractivity contribution in [1.29, 1.82) is 0 Å². The summed E-state index contributed by atoms with van der Waals surface area (Å²) in [7, 11) is 1.68. The van der Waals surface area contributed by atoms with Gasteiger partial charge in [0.15, 0.2) is 5.17 Å². The van der Waals surface area contributed by atoms with Gasteiger partial charge >= 0.3 is 0 Å². The van der Waals surface area contributed by atoms with E-state index in [0.29, 0.717) is 21.5 Å². The highest BCUT2D eigenvalue weighted by Gasteiger charge is 2.30. The number of aromatic hydroxyl groups is 1. The molecule has 6 heteroatoms. The van der Waals surface area contributed by atoms with Crippen LogP contribution in [0.15, 0.2) is 57.0 Å². The van der Waals surface area contributed by atoms with Crippen LogP contribution in [0.5, 0.6) is 5.75 Å². The number of furan rings is 1. The molecule has 1 N–H and O–H groups in total. The van der Waals surface area contributed by atoms with Gasteiger partial charge in [-0.3, -0.25) is 9.69 Å². The third kappa shape index (κ3) is 2.85. The van der Waals surface area contributed by atoms with E-state index in [-0.39, 0.29) is 11.7 Å². The Morgan fingerprint density at radius 3 is 2.71 bits per heavy atom. The fraction of sp³-hybridized carbons (Fsp3) is 0.0667. The Morgan fingerprint density at radius 2 is 2.05 bits per heavy atom. The molecule has 21 heavy (non-hydrogen) atoms. The number of likely N-dealkylation sites (N-methyl/N-ethyl adjacent to an activating group) is 1. The second kappa shape index (κ2) is 5.49. The van der Waals surface area contributed by atoms with Crippen LogP contribution in [0.2, 0.25) is 0 Å². The molecule has 106 valence electrons. The minimum atomic E-state index is -0.117. The van der Waals surface area contributed by atoms with Gasteiger partial charge in [0.2, 0.25) is 0 Å². The quantitative estimate of drug-likeness (QED) is 0.865. The predicted octanol–water partition coefficient (Wildman–Crippen LogP) is 3.22. The Bertz CT molecular complexity index is 718. The number of phenols is 1. The molecule has 1 aliphatic rings. The van der Waals surface area contributed by atoms with Gasteiger partial charge in [0.05, 0.1) is 16.9 Å². The van der Waals surface area contributed by atoms with Crippen LogP contribution in [0.25, 0.3) is 6.08 Å². The summed E-state index contributed by atoms with van der Waals surface area (Å²) in [5, 5.41) is 9.85. The number of amides is 1. The van der Waals surface area contributed by atoms with E-state index in [1.807, 2.05) is 0 Å². The standard InChI is InChI=1S/C15H12N2O3S/c1-17-14(19)13(9-12-3-2-8-20-12)21-15(17)16-10-4-6-11(18)7-5-10/h2-9,18H,1H3/b13-9-,16-15?. The Balaban J connectivity index is 1.88. The van der Waals surface area contributed by atoms with Gasteiger partial charge in [-0.2, -0.15) is 0 Å². The summed E-state index contributed by atoms with van der Waals surface area (Å²) in [6.45, 7) is 0. The lowest BCUT2D eigenvalue weighted by Gasteiger charge is -2.06. The normalized spacial score (nSPS) is 18.9. The smallest absolute Gasteiger partial charge is 0.266 e. The summed E-state index contributed by atoms with van der Waals surface area (Å²) in [4.78, 5) is 18.6. The van der Waals surface area contributed by atoms with Crippen molar-refractivity contribution in [3.05, 3.63) is 53.3 Å². The Labute approximate surface area is 125 Å². The monoisotopic (exact) mass is 300 g/mol. The van der Waals surface area contributed by atoms with Crippen molar-refractivity contribution in [2.45, 2.75) is 0 Å². The summed E-state index contributed by atoms with van der Waals surface area (Å²) in [5.41, 5.74) is 0.675. The maximum absolute atomic E-state index is 12.2. The number of carbonyl (C=O) groups is 1. The maximum Gasteiger partial charge on any atom is 0.266 e. The average molecular weight is 300 g/mol. The van der Waals surface area contributed by atoms with E-state index in [2.05, 4.69) is 4.99 Å². The number of phenolic OH excluding ortho intramolecular Hbond substituents is 1. The van der Waals surface area contributed by atoms with Gasteiger partial charge in [0.1, 0.15) is 11.5 Å². The first-order valence-electron chi connectivity index (χ1n) is 6.22. The number of carbonyl (C=O) groups excluding carboxylic acids is 1.